The fourth-order valence-corrected chi connectivity index (χ4v) is 5.12. The lowest BCUT2D eigenvalue weighted by Crippen LogP contribution is -2.51. The van der Waals surface area contributed by atoms with Crippen LogP contribution >= 0.6 is 11.3 Å². The molecule has 1 aromatic carbocycles. The van der Waals surface area contributed by atoms with E-state index in [1.165, 1.54) is 7.11 Å². The summed E-state index contributed by atoms with van der Waals surface area (Å²) in [7, 11) is 1.29. The number of ether oxygens (including phenoxy) is 3. The summed E-state index contributed by atoms with van der Waals surface area (Å²) >= 11 is 1.12. The molecule has 2 amide bonds. The first-order valence-corrected chi connectivity index (χ1v) is 12.0. The minimum absolute atomic E-state index is 0.0686. The second-order valence-corrected chi connectivity index (χ2v) is 10.1. The molecule has 2 aliphatic rings. The van der Waals surface area contributed by atoms with Crippen LogP contribution in [-0.2, 0) is 11.2 Å². The molecule has 0 radical (unpaired) electrons. The molecule has 0 spiro atoms. The molecule has 2 aromatic rings. The van der Waals surface area contributed by atoms with Crippen molar-refractivity contribution in [3.8, 4) is 22.6 Å². The minimum atomic E-state index is -0.721. The molecule has 0 unspecified atom stereocenters. The highest BCUT2D eigenvalue weighted by Gasteiger charge is 2.35. The number of hydrogen-bond acceptors (Lipinski definition) is 8. The number of amides is 2. The number of carbonyl (C=O) groups excluding carboxylic acids is 2. The lowest BCUT2D eigenvalue weighted by atomic mass is 9.97. The predicted octanol–water partition coefficient (Wildman–Crippen LogP) is 4.10. The summed E-state index contributed by atoms with van der Waals surface area (Å²) in [4.78, 5) is 40.0. The fraction of sp³-hybridized carbons (Fsp3) is 0.478. The Labute approximate surface area is 205 Å². The molecule has 0 N–H and O–H groups in total. The maximum atomic E-state index is 14.8. The van der Waals surface area contributed by atoms with Crippen molar-refractivity contribution in [3.63, 3.8) is 0 Å². The summed E-state index contributed by atoms with van der Waals surface area (Å²) in [6.07, 6.45) is -0.262. The van der Waals surface area contributed by atoms with Crippen molar-refractivity contribution in [3.05, 3.63) is 37.8 Å². The standard InChI is InChI=1S/C23H26FN3O7S/c1-23(2,3)34-22(29)26-8-6-25(7-9-26)21(28)20-18-14(12-35-20)17-13(5-10-33-18)15(24)11-16(27(30)31)19(17)32-4/h11-12H,5-10H2,1-4H3. The zero-order valence-electron chi connectivity index (χ0n) is 19.9. The first-order valence-electron chi connectivity index (χ1n) is 11.1. The maximum absolute atomic E-state index is 14.8. The van der Waals surface area contributed by atoms with Gasteiger partial charge in [0, 0.05) is 54.7 Å². The summed E-state index contributed by atoms with van der Waals surface area (Å²) < 4.78 is 31.4. The van der Waals surface area contributed by atoms with Gasteiger partial charge in [-0.1, -0.05) is 0 Å². The molecule has 2 aliphatic heterocycles. The number of thiophene rings is 1. The van der Waals surface area contributed by atoms with Gasteiger partial charge in [0.25, 0.3) is 5.91 Å². The maximum Gasteiger partial charge on any atom is 0.410 e. The molecule has 1 fully saturated rings. The molecule has 1 saturated heterocycles. The number of nitrogens with zero attached hydrogens (tertiary/aromatic N) is 3. The zero-order chi connectivity index (χ0) is 25.5. The van der Waals surface area contributed by atoms with Gasteiger partial charge in [0.1, 0.15) is 16.3 Å². The quantitative estimate of drug-likeness (QED) is 0.454. The average molecular weight is 508 g/mol. The third kappa shape index (κ3) is 4.75. The number of piperazine rings is 1. The van der Waals surface area contributed by atoms with Gasteiger partial charge in [-0.15, -0.1) is 11.3 Å². The first-order chi connectivity index (χ1) is 16.5. The van der Waals surface area contributed by atoms with Crippen LogP contribution in [0.1, 0.15) is 36.0 Å². The molecule has 188 valence electrons. The molecule has 0 atom stereocenters. The van der Waals surface area contributed by atoms with Crippen LogP contribution in [0.25, 0.3) is 11.1 Å². The van der Waals surface area contributed by atoms with E-state index in [0.29, 0.717) is 36.6 Å². The van der Waals surface area contributed by atoms with E-state index in [-0.39, 0.29) is 41.6 Å². The first kappa shape index (κ1) is 24.7. The predicted molar refractivity (Wildman–Crippen MR) is 126 cm³/mol. The van der Waals surface area contributed by atoms with Crippen molar-refractivity contribution in [2.45, 2.75) is 32.8 Å². The molecular weight excluding hydrogens is 481 g/mol. The van der Waals surface area contributed by atoms with Gasteiger partial charge in [-0.3, -0.25) is 14.9 Å². The second kappa shape index (κ2) is 9.33. The Bertz CT molecular complexity index is 1180. The molecular formula is C23H26FN3O7S. The summed E-state index contributed by atoms with van der Waals surface area (Å²) in [6.45, 7) is 6.74. The van der Waals surface area contributed by atoms with Gasteiger partial charge in [0.2, 0.25) is 5.75 Å². The number of nitro benzene ring substituents is 1. The van der Waals surface area contributed by atoms with Gasteiger partial charge >= 0.3 is 11.8 Å². The number of carbonyl (C=O) groups is 2. The average Bonchev–Trinajstić information content (AvgIpc) is 3.11. The van der Waals surface area contributed by atoms with Crippen molar-refractivity contribution in [2.24, 2.45) is 0 Å². The number of hydrogen-bond donors (Lipinski definition) is 0. The number of halogens is 1. The number of rotatable bonds is 3. The summed E-state index contributed by atoms with van der Waals surface area (Å²) in [5.74, 6) is -0.817. The van der Waals surface area contributed by atoms with Gasteiger partial charge in [-0.2, -0.15) is 0 Å². The SMILES string of the molecule is COc1c([N+](=O)[O-])cc(F)c2c1-c1csc(C(=O)N3CCN(C(=O)OC(C)(C)C)CC3)c1OCC2. The Balaban J connectivity index is 1.62. The molecule has 10 nitrogen and oxygen atoms in total. The highest BCUT2D eigenvalue weighted by Crippen LogP contribution is 2.49. The Kier molecular flexibility index (Phi) is 6.58. The lowest BCUT2D eigenvalue weighted by molar-refractivity contribution is -0.385. The van der Waals surface area contributed by atoms with Crippen LogP contribution in [0.4, 0.5) is 14.9 Å². The van der Waals surface area contributed by atoms with Crippen molar-refractivity contribution in [1.82, 2.24) is 9.80 Å². The summed E-state index contributed by atoms with van der Waals surface area (Å²) in [5.41, 5.74) is -0.237. The molecule has 35 heavy (non-hydrogen) atoms. The molecule has 3 heterocycles. The third-order valence-electron chi connectivity index (χ3n) is 5.74. The Hall–Kier alpha value is -3.41. The second-order valence-electron chi connectivity index (χ2n) is 9.19. The van der Waals surface area contributed by atoms with Crippen LogP contribution in [0, 0.1) is 15.9 Å². The monoisotopic (exact) mass is 507 g/mol. The van der Waals surface area contributed by atoms with Crippen molar-refractivity contribution in [1.29, 1.82) is 0 Å². The Morgan fingerprint density at radius 2 is 1.86 bits per heavy atom. The van der Waals surface area contributed by atoms with Gasteiger partial charge in [-0.05, 0) is 20.8 Å². The van der Waals surface area contributed by atoms with Crippen LogP contribution in [0.15, 0.2) is 11.4 Å². The van der Waals surface area contributed by atoms with Crippen molar-refractivity contribution >= 4 is 29.0 Å². The van der Waals surface area contributed by atoms with E-state index in [1.807, 2.05) is 0 Å². The normalized spacial score (nSPS) is 15.5. The van der Waals surface area contributed by atoms with Crippen LogP contribution in [0.3, 0.4) is 0 Å². The molecule has 0 bridgehead atoms. The van der Waals surface area contributed by atoms with Crippen LogP contribution in [0.2, 0.25) is 0 Å². The van der Waals surface area contributed by atoms with Crippen molar-refractivity contribution < 1.29 is 33.1 Å². The molecule has 12 heteroatoms. The van der Waals surface area contributed by atoms with E-state index < -0.39 is 28.1 Å². The van der Waals surface area contributed by atoms with Gasteiger partial charge in [-0.25, -0.2) is 9.18 Å². The molecule has 1 aromatic heterocycles. The number of nitro groups is 1. The minimum Gasteiger partial charge on any atom is -0.491 e. The van der Waals surface area contributed by atoms with Gasteiger partial charge in [0.15, 0.2) is 5.75 Å². The number of methoxy groups -OCH3 is 1. The van der Waals surface area contributed by atoms with Crippen LogP contribution in [-0.4, -0.2) is 72.2 Å². The molecule has 0 saturated carbocycles. The highest BCUT2D eigenvalue weighted by molar-refractivity contribution is 7.13. The Morgan fingerprint density at radius 3 is 2.46 bits per heavy atom. The summed E-state index contributed by atoms with van der Waals surface area (Å²) in [5, 5.41) is 13.2. The van der Waals surface area contributed by atoms with E-state index in [0.717, 1.165) is 17.4 Å². The summed E-state index contributed by atoms with van der Waals surface area (Å²) in [6, 6.07) is 0.852. The van der Waals surface area contributed by atoms with E-state index >= 15 is 0 Å². The van der Waals surface area contributed by atoms with Gasteiger partial charge < -0.3 is 24.0 Å². The molecule has 4 rings (SSSR count). The van der Waals surface area contributed by atoms with E-state index in [9.17, 15) is 24.1 Å². The van der Waals surface area contributed by atoms with E-state index in [1.54, 1.807) is 36.0 Å². The third-order valence-corrected chi connectivity index (χ3v) is 6.69. The smallest absolute Gasteiger partial charge is 0.410 e. The zero-order valence-corrected chi connectivity index (χ0v) is 20.7. The lowest BCUT2D eigenvalue weighted by Gasteiger charge is -2.35. The fourth-order valence-electron chi connectivity index (χ4n) is 4.16. The van der Waals surface area contributed by atoms with E-state index in [2.05, 4.69) is 0 Å². The van der Waals surface area contributed by atoms with Crippen LogP contribution in [0.5, 0.6) is 11.5 Å². The van der Waals surface area contributed by atoms with Crippen molar-refractivity contribution in [2.75, 3.05) is 39.9 Å². The largest absolute Gasteiger partial charge is 0.491 e. The highest BCUT2D eigenvalue weighted by atomic mass is 32.1. The van der Waals surface area contributed by atoms with E-state index in [4.69, 9.17) is 14.2 Å². The number of benzene rings is 1. The Morgan fingerprint density at radius 1 is 1.20 bits per heavy atom. The van der Waals surface area contributed by atoms with Gasteiger partial charge in [0.05, 0.1) is 24.7 Å². The number of fused-ring (bicyclic) bond motifs is 3. The van der Waals surface area contributed by atoms with Crippen LogP contribution < -0.4 is 9.47 Å². The topological polar surface area (TPSA) is 111 Å². The molecule has 0 aliphatic carbocycles.